The number of nitrogens with zero attached hydrogens (tertiary/aromatic N) is 1. The molecule has 1 saturated heterocycles. The molecule has 3 nitrogen and oxygen atoms in total. The van der Waals surface area contributed by atoms with Crippen LogP contribution in [0.15, 0.2) is 48.5 Å². The molecule has 2 aromatic carbocycles. The highest BCUT2D eigenvalue weighted by molar-refractivity contribution is 5.67. The number of likely N-dealkylation sites (tertiary alicyclic amines) is 1. The molecule has 2 aromatic rings. The highest BCUT2D eigenvalue weighted by Crippen LogP contribution is 2.40. The Labute approximate surface area is 207 Å². The maximum Gasteiger partial charge on any atom is 0.416 e. The van der Waals surface area contributed by atoms with E-state index >= 15 is 0 Å². The molecule has 0 saturated carbocycles. The fraction of sp³-hybridized carbons (Fsp3) is 0.519. The van der Waals surface area contributed by atoms with E-state index in [1.807, 2.05) is 36.1 Å². The lowest BCUT2D eigenvalue weighted by Gasteiger charge is -2.44. The molecule has 36 heavy (non-hydrogen) atoms. The highest BCUT2D eigenvalue weighted by Gasteiger charge is 2.37. The number of rotatable bonds is 9. The maximum atomic E-state index is 13.2. The largest absolute Gasteiger partial charge is 0.481 e. The molecule has 3 atom stereocenters. The first-order chi connectivity index (χ1) is 16.8. The van der Waals surface area contributed by atoms with Crippen molar-refractivity contribution in [2.24, 2.45) is 5.92 Å². The first-order valence-electron chi connectivity index (χ1n) is 12.1. The fourth-order valence-electron chi connectivity index (χ4n) is 5.15. The molecular formula is C27H31F6NO2. The van der Waals surface area contributed by atoms with Crippen molar-refractivity contribution in [1.82, 2.24) is 4.90 Å². The second-order valence-electron chi connectivity index (χ2n) is 9.70. The summed E-state index contributed by atoms with van der Waals surface area (Å²) in [5.41, 5.74) is 1.82. The summed E-state index contributed by atoms with van der Waals surface area (Å²) in [6, 6.07) is 11.5. The standard InChI is InChI=1S/C27H31F6NO2/c1-18-3-2-4-19(15-18)5-10-23(11-13-26(28,29)30)34-14-12-20(17-25(35)36)16-24(34)21-6-8-22(9-7-21)27(31,32)33/h2-4,6-9,15,20,23-24H,5,10-14,16-17H2,1H3,(H,35,36)/t20?,23-,24?/m1/s1. The Morgan fingerprint density at radius 1 is 1.06 bits per heavy atom. The van der Waals surface area contributed by atoms with Gasteiger partial charge in [-0.05, 0) is 74.8 Å². The SMILES string of the molecule is Cc1cccc(CC[C@H](CCC(F)(F)F)N2CCC(CC(=O)O)CC2c2ccc(C(F)(F)F)cc2)c1. The second-order valence-corrected chi connectivity index (χ2v) is 9.70. The highest BCUT2D eigenvalue weighted by atomic mass is 19.4. The first-order valence-corrected chi connectivity index (χ1v) is 12.1. The number of carbonyl (C=O) groups is 1. The predicted octanol–water partition coefficient (Wildman–Crippen LogP) is 7.59. The minimum Gasteiger partial charge on any atom is -0.481 e. The van der Waals surface area contributed by atoms with Gasteiger partial charge < -0.3 is 5.11 Å². The molecular weight excluding hydrogens is 484 g/mol. The van der Waals surface area contributed by atoms with E-state index < -0.39 is 42.4 Å². The van der Waals surface area contributed by atoms with Crippen LogP contribution < -0.4 is 0 Å². The van der Waals surface area contributed by atoms with E-state index in [4.69, 9.17) is 0 Å². The zero-order valence-corrected chi connectivity index (χ0v) is 20.1. The lowest BCUT2D eigenvalue weighted by Crippen LogP contribution is -2.44. The van der Waals surface area contributed by atoms with E-state index in [9.17, 15) is 36.2 Å². The molecule has 2 unspecified atom stereocenters. The normalized spacial score (nSPS) is 20.3. The van der Waals surface area contributed by atoms with Gasteiger partial charge >= 0.3 is 18.3 Å². The number of hydrogen-bond acceptors (Lipinski definition) is 2. The van der Waals surface area contributed by atoms with Crippen molar-refractivity contribution in [1.29, 1.82) is 0 Å². The van der Waals surface area contributed by atoms with Crippen LogP contribution >= 0.6 is 0 Å². The van der Waals surface area contributed by atoms with Crippen LogP contribution in [0.5, 0.6) is 0 Å². The quantitative estimate of drug-likeness (QED) is 0.350. The zero-order valence-electron chi connectivity index (χ0n) is 20.1. The van der Waals surface area contributed by atoms with Gasteiger partial charge in [0, 0.05) is 24.9 Å². The molecule has 9 heteroatoms. The first kappa shape index (κ1) is 28.0. The van der Waals surface area contributed by atoms with Crippen molar-refractivity contribution >= 4 is 5.97 Å². The van der Waals surface area contributed by atoms with Crippen LogP contribution in [0.3, 0.4) is 0 Å². The van der Waals surface area contributed by atoms with Gasteiger partial charge in [0.15, 0.2) is 0 Å². The van der Waals surface area contributed by atoms with Crippen molar-refractivity contribution in [3.8, 4) is 0 Å². The van der Waals surface area contributed by atoms with Gasteiger partial charge in [-0.25, -0.2) is 0 Å². The van der Waals surface area contributed by atoms with Crippen LogP contribution in [-0.4, -0.2) is 34.7 Å². The molecule has 3 rings (SSSR count). The Hall–Kier alpha value is -2.55. The molecule has 0 amide bonds. The van der Waals surface area contributed by atoms with Crippen LogP contribution in [0.2, 0.25) is 0 Å². The molecule has 198 valence electrons. The van der Waals surface area contributed by atoms with Crippen LogP contribution in [0.4, 0.5) is 26.3 Å². The van der Waals surface area contributed by atoms with Gasteiger partial charge in [0.2, 0.25) is 0 Å². The summed E-state index contributed by atoms with van der Waals surface area (Å²) < 4.78 is 78.8. The summed E-state index contributed by atoms with van der Waals surface area (Å²) in [5, 5.41) is 9.27. The number of hydrogen-bond donors (Lipinski definition) is 1. The molecule has 1 N–H and O–H groups in total. The van der Waals surface area contributed by atoms with E-state index in [1.54, 1.807) is 0 Å². The molecule has 0 spiro atoms. The van der Waals surface area contributed by atoms with Gasteiger partial charge in [-0.15, -0.1) is 0 Å². The topological polar surface area (TPSA) is 40.5 Å². The minimum absolute atomic E-state index is 0.0819. The number of alkyl halides is 6. The molecule has 0 aliphatic carbocycles. The van der Waals surface area contributed by atoms with Crippen molar-refractivity contribution in [3.63, 3.8) is 0 Å². The Kier molecular flexibility index (Phi) is 9.08. The lowest BCUT2D eigenvalue weighted by molar-refractivity contribution is -0.141. The van der Waals surface area contributed by atoms with E-state index in [0.29, 0.717) is 37.8 Å². The number of benzene rings is 2. The Morgan fingerprint density at radius 3 is 2.33 bits per heavy atom. The molecule has 0 aromatic heterocycles. The van der Waals surface area contributed by atoms with Crippen LogP contribution in [0.25, 0.3) is 0 Å². The van der Waals surface area contributed by atoms with Gasteiger partial charge in [0.25, 0.3) is 0 Å². The monoisotopic (exact) mass is 515 g/mol. The van der Waals surface area contributed by atoms with E-state index in [1.165, 1.54) is 12.1 Å². The average Bonchev–Trinajstić information content (AvgIpc) is 2.78. The Bertz CT molecular complexity index is 1000. The van der Waals surface area contributed by atoms with Gasteiger partial charge in [-0.1, -0.05) is 42.0 Å². The third-order valence-electron chi connectivity index (χ3n) is 6.92. The number of carboxylic acids is 1. The van der Waals surface area contributed by atoms with E-state index in [0.717, 1.165) is 23.3 Å². The molecule has 1 heterocycles. The summed E-state index contributed by atoms with van der Waals surface area (Å²) in [6.07, 6.45) is -8.09. The zero-order chi connectivity index (χ0) is 26.5. The third-order valence-corrected chi connectivity index (χ3v) is 6.92. The number of aliphatic carboxylic acids is 1. The van der Waals surface area contributed by atoms with Crippen LogP contribution in [-0.2, 0) is 17.4 Å². The lowest BCUT2D eigenvalue weighted by atomic mass is 9.83. The summed E-state index contributed by atoms with van der Waals surface area (Å²) in [7, 11) is 0. The maximum absolute atomic E-state index is 13.2. The average molecular weight is 516 g/mol. The number of carboxylic acid groups (broad SMARTS) is 1. The molecule has 0 bridgehead atoms. The van der Waals surface area contributed by atoms with Crippen molar-refractivity contribution in [2.75, 3.05) is 6.54 Å². The molecule has 1 fully saturated rings. The Morgan fingerprint density at radius 2 is 1.75 bits per heavy atom. The van der Waals surface area contributed by atoms with Crippen molar-refractivity contribution < 1.29 is 36.2 Å². The molecule has 1 aliphatic rings. The number of aryl methyl sites for hydroxylation is 2. The number of piperidine rings is 1. The van der Waals surface area contributed by atoms with E-state index in [2.05, 4.69) is 0 Å². The summed E-state index contributed by atoms with van der Waals surface area (Å²) >= 11 is 0. The second kappa shape index (κ2) is 11.7. The number of halogens is 6. The smallest absolute Gasteiger partial charge is 0.416 e. The van der Waals surface area contributed by atoms with Gasteiger partial charge in [0.1, 0.15) is 0 Å². The fourth-order valence-corrected chi connectivity index (χ4v) is 5.15. The van der Waals surface area contributed by atoms with Gasteiger partial charge in [0.05, 0.1) is 5.56 Å². The van der Waals surface area contributed by atoms with Gasteiger partial charge in [-0.2, -0.15) is 26.3 Å². The summed E-state index contributed by atoms with van der Waals surface area (Å²) in [6.45, 7) is 2.33. The van der Waals surface area contributed by atoms with Crippen molar-refractivity contribution in [3.05, 3.63) is 70.8 Å². The third kappa shape index (κ3) is 8.25. The van der Waals surface area contributed by atoms with Crippen LogP contribution in [0.1, 0.15) is 66.8 Å². The summed E-state index contributed by atoms with van der Waals surface area (Å²) in [5.74, 6) is -1.17. The summed E-state index contributed by atoms with van der Waals surface area (Å²) in [4.78, 5) is 13.3. The predicted molar refractivity (Wildman–Crippen MR) is 124 cm³/mol. The van der Waals surface area contributed by atoms with Crippen LogP contribution in [0, 0.1) is 12.8 Å². The molecule has 0 radical (unpaired) electrons. The minimum atomic E-state index is -4.50. The van der Waals surface area contributed by atoms with Crippen molar-refractivity contribution in [2.45, 2.75) is 76.3 Å². The van der Waals surface area contributed by atoms with Gasteiger partial charge in [-0.3, -0.25) is 9.69 Å². The van der Waals surface area contributed by atoms with E-state index in [-0.39, 0.29) is 18.8 Å². The molecule has 1 aliphatic heterocycles. The Balaban J connectivity index is 1.89.